The first-order chi connectivity index (χ1) is 9.18. The van der Waals surface area contributed by atoms with Crippen LogP contribution in [-0.2, 0) is 25.6 Å². The first-order valence-electron chi connectivity index (χ1n) is 6.41. The molecule has 112 valence electrons. The maximum absolute atomic E-state index is 12.3. The van der Waals surface area contributed by atoms with E-state index in [4.69, 9.17) is 0 Å². The highest BCUT2D eigenvalue weighted by Crippen LogP contribution is 2.21. The molecule has 0 amide bonds. The highest BCUT2D eigenvalue weighted by molar-refractivity contribution is 7.91. The zero-order chi connectivity index (χ0) is 15.0. The summed E-state index contributed by atoms with van der Waals surface area (Å²) in [6.45, 7) is 2.27. The molecule has 2 rings (SSSR count). The summed E-state index contributed by atoms with van der Waals surface area (Å²) in [6, 6.07) is 7.34. The molecule has 0 aliphatic carbocycles. The predicted molar refractivity (Wildman–Crippen MR) is 78.6 cm³/mol. The fourth-order valence-electron chi connectivity index (χ4n) is 2.40. The van der Waals surface area contributed by atoms with Crippen LogP contribution in [0.2, 0.25) is 0 Å². The van der Waals surface area contributed by atoms with Crippen molar-refractivity contribution in [3.8, 4) is 0 Å². The zero-order valence-electron chi connectivity index (χ0n) is 11.6. The Morgan fingerprint density at radius 3 is 2.50 bits per heavy atom. The standard InChI is InChI=1S/C13H19NO4S2/c1-11-4-3-5-12(8-11)10-20(17,18)14-7-6-13(9-14)19(2,15)16/h3-5,8,13H,6-7,9-10H2,1-2H3/t13-/m1/s1. The fraction of sp³-hybridized carbons (Fsp3) is 0.538. The van der Waals surface area contributed by atoms with Crippen LogP contribution < -0.4 is 0 Å². The molecule has 1 aliphatic heterocycles. The van der Waals surface area contributed by atoms with Crippen LogP contribution in [-0.4, -0.2) is 45.7 Å². The van der Waals surface area contributed by atoms with E-state index in [2.05, 4.69) is 0 Å². The van der Waals surface area contributed by atoms with Gasteiger partial charge in [-0.3, -0.25) is 0 Å². The van der Waals surface area contributed by atoms with Crippen molar-refractivity contribution in [2.75, 3.05) is 19.3 Å². The number of nitrogens with zero attached hydrogens (tertiary/aromatic N) is 1. The molecule has 1 heterocycles. The molecule has 0 N–H and O–H groups in total. The first kappa shape index (κ1) is 15.5. The van der Waals surface area contributed by atoms with Gasteiger partial charge in [-0.15, -0.1) is 0 Å². The van der Waals surface area contributed by atoms with Crippen LogP contribution in [0.15, 0.2) is 24.3 Å². The van der Waals surface area contributed by atoms with Gasteiger partial charge in [-0.1, -0.05) is 29.8 Å². The Kier molecular flexibility index (Phi) is 4.22. The SMILES string of the molecule is Cc1cccc(CS(=O)(=O)N2CC[C@@H](S(C)(=O)=O)C2)c1. The summed E-state index contributed by atoms with van der Waals surface area (Å²) in [7, 11) is -6.64. The highest BCUT2D eigenvalue weighted by Gasteiger charge is 2.36. The van der Waals surface area contributed by atoms with Gasteiger partial charge in [-0.25, -0.2) is 21.1 Å². The third kappa shape index (κ3) is 3.59. The predicted octanol–water partition coefficient (Wildman–Crippen LogP) is 0.944. The fourth-order valence-corrected chi connectivity index (χ4v) is 5.06. The molecule has 0 aromatic heterocycles. The van der Waals surface area contributed by atoms with E-state index in [1.165, 1.54) is 4.31 Å². The van der Waals surface area contributed by atoms with Gasteiger partial charge in [0.2, 0.25) is 10.0 Å². The highest BCUT2D eigenvalue weighted by atomic mass is 32.2. The second kappa shape index (κ2) is 5.46. The van der Waals surface area contributed by atoms with Gasteiger partial charge in [0.25, 0.3) is 0 Å². The average Bonchev–Trinajstić information content (AvgIpc) is 2.77. The third-order valence-corrected chi connectivity index (χ3v) is 6.95. The molecular formula is C13H19NO4S2. The van der Waals surface area contributed by atoms with Crippen LogP contribution in [0.1, 0.15) is 17.5 Å². The number of hydrogen-bond acceptors (Lipinski definition) is 4. The van der Waals surface area contributed by atoms with Crippen molar-refractivity contribution in [3.05, 3.63) is 35.4 Å². The van der Waals surface area contributed by atoms with Gasteiger partial charge in [-0.05, 0) is 18.9 Å². The summed E-state index contributed by atoms with van der Waals surface area (Å²) in [4.78, 5) is 0. The molecular weight excluding hydrogens is 298 g/mol. The second-order valence-corrected chi connectivity index (χ2v) is 9.64. The molecule has 0 radical (unpaired) electrons. The Labute approximate surface area is 120 Å². The minimum atomic E-state index is -3.45. The number of sulfone groups is 1. The average molecular weight is 317 g/mol. The molecule has 1 saturated heterocycles. The van der Waals surface area contributed by atoms with Crippen molar-refractivity contribution in [2.24, 2.45) is 0 Å². The first-order valence-corrected chi connectivity index (χ1v) is 9.97. The Morgan fingerprint density at radius 1 is 1.25 bits per heavy atom. The summed E-state index contributed by atoms with van der Waals surface area (Å²) >= 11 is 0. The van der Waals surface area contributed by atoms with Crippen LogP contribution in [0.5, 0.6) is 0 Å². The largest absolute Gasteiger partial charge is 0.229 e. The van der Waals surface area contributed by atoms with E-state index >= 15 is 0 Å². The quantitative estimate of drug-likeness (QED) is 0.829. The molecule has 20 heavy (non-hydrogen) atoms. The van der Waals surface area contributed by atoms with Crippen molar-refractivity contribution in [3.63, 3.8) is 0 Å². The molecule has 1 fully saturated rings. The summed E-state index contributed by atoms with van der Waals surface area (Å²) in [5.74, 6) is -0.0782. The van der Waals surface area contributed by atoms with E-state index in [0.29, 0.717) is 6.42 Å². The lowest BCUT2D eigenvalue weighted by atomic mass is 10.2. The number of sulfonamides is 1. The molecule has 1 aromatic carbocycles. The van der Waals surface area contributed by atoms with E-state index in [1.807, 2.05) is 25.1 Å². The topological polar surface area (TPSA) is 71.5 Å². The molecule has 0 unspecified atom stereocenters. The molecule has 1 atom stereocenters. The molecule has 1 aromatic rings. The lowest BCUT2D eigenvalue weighted by Gasteiger charge is -2.16. The minimum Gasteiger partial charge on any atom is -0.229 e. The van der Waals surface area contributed by atoms with E-state index in [1.54, 1.807) is 6.07 Å². The number of rotatable bonds is 4. The summed E-state index contributed by atoms with van der Waals surface area (Å²) in [5.41, 5.74) is 1.74. The van der Waals surface area contributed by atoms with Crippen LogP contribution >= 0.6 is 0 Å². The van der Waals surface area contributed by atoms with Gasteiger partial charge < -0.3 is 0 Å². The Balaban J connectivity index is 2.13. The van der Waals surface area contributed by atoms with E-state index in [0.717, 1.165) is 17.4 Å². The van der Waals surface area contributed by atoms with Gasteiger partial charge in [-0.2, -0.15) is 0 Å². The summed E-state index contributed by atoms with van der Waals surface area (Å²) in [6.07, 6.45) is 1.54. The van der Waals surface area contributed by atoms with Crippen LogP contribution in [0.4, 0.5) is 0 Å². The zero-order valence-corrected chi connectivity index (χ0v) is 13.2. The summed E-state index contributed by atoms with van der Waals surface area (Å²) < 4.78 is 48.9. The Hall–Kier alpha value is -0.920. The van der Waals surface area contributed by atoms with Crippen LogP contribution in [0, 0.1) is 6.92 Å². The monoisotopic (exact) mass is 317 g/mol. The number of hydrogen-bond donors (Lipinski definition) is 0. The maximum Gasteiger partial charge on any atom is 0.218 e. The maximum atomic E-state index is 12.3. The molecule has 7 heteroatoms. The van der Waals surface area contributed by atoms with Gasteiger partial charge in [0.05, 0.1) is 11.0 Å². The van der Waals surface area contributed by atoms with Crippen LogP contribution in [0.3, 0.4) is 0 Å². The summed E-state index contributed by atoms with van der Waals surface area (Å²) in [5, 5.41) is -0.574. The molecule has 1 aliphatic rings. The van der Waals surface area contributed by atoms with E-state index < -0.39 is 25.1 Å². The van der Waals surface area contributed by atoms with Crippen molar-refractivity contribution in [1.82, 2.24) is 4.31 Å². The molecule has 5 nitrogen and oxygen atoms in total. The number of benzene rings is 1. The Morgan fingerprint density at radius 2 is 1.95 bits per heavy atom. The van der Waals surface area contributed by atoms with Gasteiger partial charge >= 0.3 is 0 Å². The molecule has 0 saturated carbocycles. The smallest absolute Gasteiger partial charge is 0.218 e. The lowest BCUT2D eigenvalue weighted by Crippen LogP contribution is -2.32. The van der Waals surface area contributed by atoms with E-state index in [-0.39, 0.29) is 18.8 Å². The Bertz CT molecular complexity index is 695. The van der Waals surface area contributed by atoms with Gasteiger partial charge in [0.1, 0.15) is 0 Å². The normalized spacial score (nSPS) is 21.2. The van der Waals surface area contributed by atoms with Crippen molar-refractivity contribution in [1.29, 1.82) is 0 Å². The van der Waals surface area contributed by atoms with Crippen molar-refractivity contribution in [2.45, 2.75) is 24.3 Å². The third-order valence-electron chi connectivity index (χ3n) is 3.54. The van der Waals surface area contributed by atoms with Gasteiger partial charge in [0, 0.05) is 19.3 Å². The molecule has 0 spiro atoms. The second-order valence-electron chi connectivity index (χ2n) is 5.34. The van der Waals surface area contributed by atoms with E-state index in [9.17, 15) is 16.8 Å². The molecule has 0 bridgehead atoms. The van der Waals surface area contributed by atoms with Crippen LogP contribution in [0.25, 0.3) is 0 Å². The number of aryl methyl sites for hydroxylation is 1. The van der Waals surface area contributed by atoms with Gasteiger partial charge in [0.15, 0.2) is 9.84 Å². The minimum absolute atomic E-state index is 0.0764. The van der Waals surface area contributed by atoms with Crippen molar-refractivity contribution >= 4 is 19.9 Å². The lowest BCUT2D eigenvalue weighted by molar-refractivity contribution is 0.476. The van der Waals surface area contributed by atoms with Crippen molar-refractivity contribution < 1.29 is 16.8 Å².